The van der Waals surface area contributed by atoms with Crippen LogP contribution in [0.3, 0.4) is 0 Å². The van der Waals surface area contributed by atoms with E-state index >= 15 is 0 Å². The van der Waals surface area contributed by atoms with Gasteiger partial charge in [0.2, 0.25) is 0 Å². The lowest BCUT2D eigenvalue weighted by Gasteiger charge is -2.37. The fourth-order valence-corrected chi connectivity index (χ4v) is 3.54. The van der Waals surface area contributed by atoms with Gasteiger partial charge in [-0.25, -0.2) is 9.97 Å². The van der Waals surface area contributed by atoms with Crippen molar-refractivity contribution in [3.05, 3.63) is 17.8 Å². The molecule has 1 aliphatic heterocycles. The highest BCUT2D eigenvalue weighted by Crippen LogP contribution is 2.33. The van der Waals surface area contributed by atoms with Crippen LogP contribution in [-0.4, -0.2) is 33.6 Å². The highest BCUT2D eigenvalue weighted by Gasteiger charge is 2.31. The van der Waals surface area contributed by atoms with Gasteiger partial charge in [0.1, 0.15) is 12.1 Å². The molecule has 5 nitrogen and oxygen atoms in total. The lowest BCUT2D eigenvalue weighted by atomic mass is 9.92. The van der Waals surface area contributed by atoms with E-state index in [4.69, 9.17) is 5.11 Å². The van der Waals surface area contributed by atoms with Gasteiger partial charge in [0, 0.05) is 12.6 Å². The van der Waals surface area contributed by atoms with Crippen LogP contribution in [0.2, 0.25) is 0 Å². The summed E-state index contributed by atoms with van der Waals surface area (Å²) in [5.41, 5.74) is 0.961. The summed E-state index contributed by atoms with van der Waals surface area (Å²) in [5, 5.41) is 11.1. The number of aromatic nitrogens is 2. The van der Waals surface area contributed by atoms with Crippen LogP contribution in [0.4, 0.5) is 5.82 Å². The minimum absolute atomic E-state index is 0.190. The predicted octanol–water partition coefficient (Wildman–Crippen LogP) is 2.38. The van der Waals surface area contributed by atoms with Crippen molar-refractivity contribution in [2.75, 3.05) is 11.4 Å². The fourth-order valence-electron chi connectivity index (χ4n) is 2.69. The number of nitrogens with zero attached hydrogens (tertiary/aromatic N) is 3. The maximum atomic E-state index is 11.1. The summed E-state index contributed by atoms with van der Waals surface area (Å²) in [6, 6.07) is 2.18. The van der Waals surface area contributed by atoms with Gasteiger partial charge >= 0.3 is 5.97 Å². The molecule has 3 heterocycles. The molecule has 0 radical (unpaired) electrons. The third-order valence-electron chi connectivity index (χ3n) is 3.72. The van der Waals surface area contributed by atoms with E-state index in [2.05, 4.69) is 21.8 Å². The van der Waals surface area contributed by atoms with Crippen molar-refractivity contribution in [1.82, 2.24) is 9.97 Å². The molecule has 0 spiro atoms. The van der Waals surface area contributed by atoms with E-state index in [1.807, 2.05) is 11.4 Å². The number of piperidine rings is 1. The standard InChI is InChI=1S/C13H15N3O2S/c1-8-6-9(13(17)18)2-4-16(8)12-11-10(3-5-19-11)14-7-15-12/h3,5,7-9H,2,4,6H2,1H3,(H,17,18). The molecular formula is C13H15N3O2S. The van der Waals surface area contributed by atoms with Crippen molar-refractivity contribution in [2.24, 2.45) is 5.92 Å². The van der Waals surface area contributed by atoms with Gasteiger partial charge in [0.15, 0.2) is 0 Å². The molecule has 2 aromatic rings. The molecule has 0 saturated carbocycles. The van der Waals surface area contributed by atoms with Crippen LogP contribution in [0, 0.1) is 5.92 Å². The Hall–Kier alpha value is -1.69. The van der Waals surface area contributed by atoms with Gasteiger partial charge in [-0.15, -0.1) is 11.3 Å². The van der Waals surface area contributed by atoms with Crippen molar-refractivity contribution >= 4 is 33.3 Å². The molecule has 2 unspecified atom stereocenters. The summed E-state index contributed by atoms with van der Waals surface area (Å²) in [7, 11) is 0. The highest BCUT2D eigenvalue weighted by molar-refractivity contribution is 7.17. The summed E-state index contributed by atoms with van der Waals surface area (Å²) in [4.78, 5) is 21.9. The van der Waals surface area contributed by atoms with Gasteiger partial charge in [0.05, 0.1) is 16.1 Å². The van der Waals surface area contributed by atoms with Crippen LogP contribution < -0.4 is 4.90 Å². The Morgan fingerprint density at radius 3 is 3.11 bits per heavy atom. The van der Waals surface area contributed by atoms with Crippen LogP contribution in [-0.2, 0) is 4.79 Å². The smallest absolute Gasteiger partial charge is 0.306 e. The maximum Gasteiger partial charge on any atom is 0.306 e. The number of carboxylic acid groups (broad SMARTS) is 1. The van der Waals surface area contributed by atoms with Crippen LogP contribution >= 0.6 is 11.3 Å². The fraction of sp³-hybridized carbons (Fsp3) is 0.462. The number of hydrogen-bond donors (Lipinski definition) is 1. The van der Waals surface area contributed by atoms with E-state index in [9.17, 15) is 4.79 Å². The first kappa shape index (κ1) is 12.3. The summed E-state index contributed by atoms with van der Waals surface area (Å²) in [5.74, 6) is 0.0266. The van der Waals surface area contributed by atoms with E-state index in [1.165, 1.54) is 0 Å². The molecule has 3 rings (SSSR count). The second-order valence-electron chi connectivity index (χ2n) is 4.93. The van der Waals surface area contributed by atoms with E-state index in [0.717, 1.165) is 22.6 Å². The van der Waals surface area contributed by atoms with E-state index < -0.39 is 5.97 Å². The number of carbonyl (C=O) groups is 1. The van der Waals surface area contributed by atoms with E-state index in [-0.39, 0.29) is 12.0 Å². The number of aliphatic carboxylic acids is 1. The van der Waals surface area contributed by atoms with Crippen molar-refractivity contribution in [2.45, 2.75) is 25.8 Å². The molecule has 6 heteroatoms. The first-order chi connectivity index (χ1) is 9.16. The molecule has 1 fully saturated rings. The van der Waals surface area contributed by atoms with Gasteiger partial charge in [-0.3, -0.25) is 4.79 Å². The molecule has 2 atom stereocenters. The van der Waals surface area contributed by atoms with Gasteiger partial charge in [-0.2, -0.15) is 0 Å². The minimum Gasteiger partial charge on any atom is -0.481 e. The van der Waals surface area contributed by atoms with Gasteiger partial charge in [0.25, 0.3) is 0 Å². The van der Waals surface area contributed by atoms with E-state index in [0.29, 0.717) is 12.8 Å². The van der Waals surface area contributed by atoms with Gasteiger partial charge in [-0.05, 0) is 31.2 Å². The summed E-state index contributed by atoms with van der Waals surface area (Å²) in [6.07, 6.45) is 2.93. The molecular weight excluding hydrogens is 262 g/mol. The number of rotatable bonds is 2. The highest BCUT2D eigenvalue weighted by atomic mass is 32.1. The van der Waals surface area contributed by atoms with Crippen molar-refractivity contribution in [1.29, 1.82) is 0 Å². The molecule has 2 aromatic heterocycles. The Labute approximate surface area is 114 Å². The van der Waals surface area contributed by atoms with Crippen molar-refractivity contribution in [3.63, 3.8) is 0 Å². The normalized spacial score (nSPS) is 23.7. The Balaban J connectivity index is 1.91. The summed E-state index contributed by atoms with van der Waals surface area (Å²) < 4.78 is 1.09. The molecule has 100 valence electrons. The Morgan fingerprint density at radius 1 is 1.53 bits per heavy atom. The summed E-state index contributed by atoms with van der Waals surface area (Å²) >= 11 is 1.63. The zero-order valence-electron chi connectivity index (χ0n) is 10.6. The zero-order chi connectivity index (χ0) is 13.4. The molecule has 0 amide bonds. The SMILES string of the molecule is CC1CC(C(=O)O)CCN1c1ncnc2ccsc12. The number of thiophene rings is 1. The summed E-state index contributed by atoms with van der Waals surface area (Å²) in [6.45, 7) is 2.80. The molecule has 0 aromatic carbocycles. The average molecular weight is 277 g/mol. The number of anilines is 1. The third-order valence-corrected chi connectivity index (χ3v) is 4.62. The Morgan fingerprint density at radius 2 is 2.37 bits per heavy atom. The molecule has 1 N–H and O–H groups in total. The quantitative estimate of drug-likeness (QED) is 0.913. The van der Waals surface area contributed by atoms with Crippen molar-refractivity contribution in [3.8, 4) is 0 Å². The predicted molar refractivity (Wildman–Crippen MR) is 74.6 cm³/mol. The van der Waals surface area contributed by atoms with Gasteiger partial charge in [-0.1, -0.05) is 0 Å². The largest absolute Gasteiger partial charge is 0.481 e. The first-order valence-corrected chi connectivity index (χ1v) is 7.22. The first-order valence-electron chi connectivity index (χ1n) is 6.34. The van der Waals surface area contributed by atoms with Crippen LogP contribution in [0.5, 0.6) is 0 Å². The van der Waals surface area contributed by atoms with E-state index in [1.54, 1.807) is 17.7 Å². The Bertz CT molecular complexity index is 613. The molecule has 1 aliphatic rings. The number of fused-ring (bicyclic) bond motifs is 1. The topological polar surface area (TPSA) is 66.3 Å². The monoisotopic (exact) mass is 277 g/mol. The second-order valence-corrected chi connectivity index (χ2v) is 5.85. The van der Waals surface area contributed by atoms with Crippen LogP contribution in [0.15, 0.2) is 17.8 Å². The molecule has 0 bridgehead atoms. The number of hydrogen-bond acceptors (Lipinski definition) is 5. The molecule has 0 aliphatic carbocycles. The minimum atomic E-state index is -0.685. The Kier molecular flexibility index (Phi) is 3.10. The third kappa shape index (κ3) is 2.16. The second kappa shape index (κ2) is 4.77. The lowest BCUT2D eigenvalue weighted by molar-refractivity contribution is -0.142. The lowest BCUT2D eigenvalue weighted by Crippen LogP contribution is -2.43. The maximum absolute atomic E-state index is 11.1. The van der Waals surface area contributed by atoms with Crippen molar-refractivity contribution < 1.29 is 9.90 Å². The number of carboxylic acids is 1. The zero-order valence-corrected chi connectivity index (χ0v) is 11.4. The van der Waals surface area contributed by atoms with Crippen LogP contribution in [0.25, 0.3) is 10.2 Å². The van der Waals surface area contributed by atoms with Gasteiger partial charge < -0.3 is 10.0 Å². The molecule has 19 heavy (non-hydrogen) atoms. The average Bonchev–Trinajstić information content (AvgIpc) is 2.86. The van der Waals surface area contributed by atoms with Crippen LogP contribution in [0.1, 0.15) is 19.8 Å². The molecule has 1 saturated heterocycles.